The topological polar surface area (TPSA) is 55.6 Å². The Morgan fingerprint density at radius 1 is 1.35 bits per heavy atom. The maximum atomic E-state index is 12.5. The van der Waals surface area contributed by atoms with E-state index in [2.05, 4.69) is 4.90 Å². The number of methoxy groups -OCH3 is 1. The molecule has 2 bridgehead atoms. The predicted molar refractivity (Wildman–Crippen MR) is 91.9 cm³/mol. The Labute approximate surface area is 146 Å². The van der Waals surface area contributed by atoms with Crippen molar-refractivity contribution in [2.75, 3.05) is 20.2 Å². The molecule has 2 fully saturated rings. The van der Waals surface area contributed by atoms with Crippen LogP contribution < -0.4 is 5.73 Å². The number of hydrogen-bond donors (Lipinski definition) is 1. The number of benzene rings is 1. The average Bonchev–Trinajstić information content (AvgIpc) is 2.81. The number of carbonyl (C=O) groups excluding carboxylic acids is 1. The minimum Gasteiger partial charge on any atom is -0.469 e. The highest BCUT2D eigenvalue weighted by Crippen LogP contribution is 2.47. The maximum Gasteiger partial charge on any atom is 0.310 e. The van der Waals surface area contributed by atoms with E-state index in [9.17, 15) is 4.79 Å². The fourth-order valence-corrected chi connectivity index (χ4v) is 4.66. The van der Waals surface area contributed by atoms with Gasteiger partial charge in [-0.1, -0.05) is 29.3 Å². The van der Waals surface area contributed by atoms with E-state index in [-0.39, 0.29) is 23.8 Å². The third-order valence-corrected chi connectivity index (χ3v) is 6.04. The lowest BCUT2D eigenvalue weighted by molar-refractivity contribution is -0.150. The lowest BCUT2D eigenvalue weighted by atomic mass is 9.76. The molecule has 0 radical (unpaired) electrons. The fourth-order valence-electron chi connectivity index (χ4n) is 4.35. The highest BCUT2D eigenvalue weighted by molar-refractivity contribution is 6.42. The number of halogens is 2. The Morgan fingerprint density at radius 2 is 2.13 bits per heavy atom. The molecule has 0 spiro atoms. The molecule has 3 rings (SSSR count). The molecular formula is C17H22Cl2N2O2. The molecular weight excluding hydrogens is 335 g/mol. The highest BCUT2D eigenvalue weighted by Gasteiger charge is 2.50. The zero-order valence-electron chi connectivity index (χ0n) is 13.2. The van der Waals surface area contributed by atoms with Crippen molar-refractivity contribution in [2.24, 2.45) is 11.7 Å². The van der Waals surface area contributed by atoms with Crippen molar-refractivity contribution in [1.29, 1.82) is 0 Å². The minimum atomic E-state index is -0.178. The largest absolute Gasteiger partial charge is 0.469 e. The Morgan fingerprint density at radius 3 is 2.78 bits per heavy atom. The monoisotopic (exact) mass is 356 g/mol. The Kier molecular flexibility index (Phi) is 5.16. The number of carbonyl (C=O) groups is 1. The smallest absolute Gasteiger partial charge is 0.310 e. The summed E-state index contributed by atoms with van der Waals surface area (Å²) in [6.07, 6.45) is 3.05. The van der Waals surface area contributed by atoms with Gasteiger partial charge >= 0.3 is 5.97 Å². The Hall–Kier alpha value is -0.810. The molecule has 1 aromatic carbocycles. The van der Waals surface area contributed by atoms with Crippen molar-refractivity contribution in [3.63, 3.8) is 0 Å². The van der Waals surface area contributed by atoms with Crippen LogP contribution in [0, 0.1) is 5.92 Å². The molecule has 0 amide bonds. The van der Waals surface area contributed by atoms with Gasteiger partial charge in [-0.25, -0.2) is 0 Å². The van der Waals surface area contributed by atoms with Crippen molar-refractivity contribution >= 4 is 29.2 Å². The molecule has 4 nitrogen and oxygen atoms in total. The van der Waals surface area contributed by atoms with Gasteiger partial charge < -0.3 is 10.5 Å². The van der Waals surface area contributed by atoms with Crippen LogP contribution in [-0.4, -0.2) is 43.2 Å². The molecule has 0 saturated carbocycles. The summed E-state index contributed by atoms with van der Waals surface area (Å²) >= 11 is 12.2. The zero-order valence-corrected chi connectivity index (χ0v) is 14.7. The first-order valence-electron chi connectivity index (χ1n) is 8.05. The molecule has 23 heavy (non-hydrogen) atoms. The second kappa shape index (κ2) is 6.98. The summed E-state index contributed by atoms with van der Waals surface area (Å²) in [4.78, 5) is 14.9. The van der Waals surface area contributed by atoms with Gasteiger partial charge in [0.25, 0.3) is 0 Å². The average molecular weight is 357 g/mol. The lowest BCUT2D eigenvalue weighted by Crippen LogP contribution is -2.52. The van der Waals surface area contributed by atoms with Gasteiger partial charge in [0.2, 0.25) is 0 Å². The minimum absolute atomic E-state index is 0.115. The van der Waals surface area contributed by atoms with E-state index in [1.165, 1.54) is 7.11 Å². The van der Waals surface area contributed by atoms with Crippen LogP contribution >= 0.6 is 23.2 Å². The molecule has 2 saturated heterocycles. The van der Waals surface area contributed by atoms with Gasteiger partial charge in [-0.2, -0.15) is 0 Å². The lowest BCUT2D eigenvalue weighted by Gasteiger charge is -2.43. The third-order valence-electron chi connectivity index (χ3n) is 5.30. The zero-order chi connectivity index (χ0) is 16.6. The van der Waals surface area contributed by atoms with Crippen molar-refractivity contribution in [1.82, 2.24) is 4.90 Å². The molecule has 126 valence electrons. The number of esters is 1. The van der Waals surface area contributed by atoms with Gasteiger partial charge in [0, 0.05) is 31.1 Å². The summed E-state index contributed by atoms with van der Waals surface area (Å²) in [5, 5.41) is 1.07. The summed E-state index contributed by atoms with van der Waals surface area (Å²) in [5.74, 6) is -0.209. The quantitative estimate of drug-likeness (QED) is 0.842. The second-order valence-corrected chi connectivity index (χ2v) is 7.20. The van der Waals surface area contributed by atoms with Crippen LogP contribution in [0.2, 0.25) is 10.0 Å². The van der Waals surface area contributed by atoms with E-state index in [1.54, 1.807) is 0 Å². The van der Waals surface area contributed by atoms with E-state index < -0.39 is 0 Å². The Bertz CT molecular complexity index is 596. The molecule has 2 N–H and O–H groups in total. The summed E-state index contributed by atoms with van der Waals surface area (Å²) in [5.41, 5.74) is 6.83. The molecule has 0 aromatic heterocycles. The Balaban J connectivity index is 1.95. The van der Waals surface area contributed by atoms with Crippen molar-refractivity contribution in [2.45, 2.75) is 37.3 Å². The van der Waals surface area contributed by atoms with Gasteiger partial charge in [-0.3, -0.25) is 9.69 Å². The number of nitrogens with zero attached hydrogens (tertiary/aromatic N) is 1. The number of rotatable bonds is 4. The molecule has 2 heterocycles. The number of ether oxygens (including phenoxy) is 1. The van der Waals surface area contributed by atoms with E-state index in [1.807, 2.05) is 18.2 Å². The molecule has 2 aliphatic rings. The molecule has 0 unspecified atom stereocenters. The standard InChI is InChI=1S/C17H22Cl2N2O2/c1-23-17(22)16-12(10-2-4-13(18)14(19)8-10)9-11-3-5-15(16)21(11)7-6-20/h2,4,8,11-12,15-16H,3,5-7,9,20H2,1H3/t11-,12+,15+,16-/m0/s1. The van der Waals surface area contributed by atoms with Crippen LogP contribution in [0.1, 0.15) is 30.7 Å². The van der Waals surface area contributed by atoms with Crippen LogP contribution in [0.25, 0.3) is 0 Å². The molecule has 6 heteroatoms. The number of piperidine rings is 1. The summed E-state index contributed by atoms with van der Waals surface area (Å²) < 4.78 is 5.12. The van der Waals surface area contributed by atoms with Crippen molar-refractivity contribution in [3.05, 3.63) is 33.8 Å². The summed E-state index contributed by atoms with van der Waals surface area (Å²) in [7, 11) is 1.46. The highest BCUT2D eigenvalue weighted by atomic mass is 35.5. The second-order valence-electron chi connectivity index (χ2n) is 6.39. The molecule has 1 aromatic rings. The SMILES string of the molecule is COC(=O)[C@H]1[C@@H](c2ccc(Cl)c(Cl)c2)C[C@@H]2CC[C@H]1N2CCN. The van der Waals surface area contributed by atoms with Crippen LogP contribution in [0.4, 0.5) is 0 Å². The molecule has 0 aliphatic carbocycles. The van der Waals surface area contributed by atoms with E-state index >= 15 is 0 Å². The van der Waals surface area contributed by atoms with Gasteiger partial charge in [0.05, 0.1) is 23.1 Å². The van der Waals surface area contributed by atoms with Crippen molar-refractivity contribution < 1.29 is 9.53 Å². The van der Waals surface area contributed by atoms with Crippen LogP contribution in [0.3, 0.4) is 0 Å². The fraction of sp³-hybridized carbons (Fsp3) is 0.588. The maximum absolute atomic E-state index is 12.5. The van der Waals surface area contributed by atoms with E-state index in [0.29, 0.717) is 22.6 Å². The van der Waals surface area contributed by atoms with Gasteiger partial charge in [-0.15, -0.1) is 0 Å². The van der Waals surface area contributed by atoms with Gasteiger partial charge in [0.15, 0.2) is 0 Å². The van der Waals surface area contributed by atoms with Crippen LogP contribution in [0.15, 0.2) is 18.2 Å². The van der Waals surface area contributed by atoms with E-state index in [4.69, 9.17) is 33.7 Å². The van der Waals surface area contributed by atoms with Gasteiger partial charge in [0.1, 0.15) is 0 Å². The van der Waals surface area contributed by atoms with Crippen LogP contribution in [0.5, 0.6) is 0 Å². The first-order chi connectivity index (χ1) is 11.1. The van der Waals surface area contributed by atoms with Gasteiger partial charge in [-0.05, 0) is 37.0 Å². The first-order valence-corrected chi connectivity index (χ1v) is 8.81. The summed E-state index contributed by atoms with van der Waals surface area (Å²) in [6, 6.07) is 6.35. The predicted octanol–water partition coefficient (Wildman–Crippen LogP) is 3.06. The molecule has 2 aliphatic heterocycles. The third kappa shape index (κ3) is 3.10. The molecule has 4 atom stereocenters. The van der Waals surface area contributed by atoms with E-state index in [0.717, 1.165) is 31.4 Å². The summed E-state index contributed by atoms with van der Waals surface area (Å²) in [6.45, 7) is 1.44. The first kappa shape index (κ1) is 17.0. The number of fused-ring (bicyclic) bond motifs is 2. The van der Waals surface area contributed by atoms with Crippen LogP contribution in [-0.2, 0) is 9.53 Å². The van der Waals surface area contributed by atoms with Crippen molar-refractivity contribution in [3.8, 4) is 0 Å². The number of hydrogen-bond acceptors (Lipinski definition) is 4. The normalized spacial score (nSPS) is 30.4. The number of nitrogens with two attached hydrogens (primary N) is 1.